The first-order valence-electron chi connectivity index (χ1n) is 8.61. The average Bonchev–Trinajstić information content (AvgIpc) is 3.01. The molecule has 0 unspecified atom stereocenters. The largest absolute Gasteiger partial charge is 0.484 e. The van der Waals surface area contributed by atoms with Crippen LogP contribution in [0.1, 0.15) is 22.9 Å². The predicted molar refractivity (Wildman–Crippen MR) is 107 cm³/mol. The molecule has 1 amide bonds. The van der Waals surface area contributed by atoms with Gasteiger partial charge in [0.25, 0.3) is 5.91 Å². The second-order valence-corrected chi connectivity index (χ2v) is 7.33. The van der Waals surface area contributed by atoms with Crippen LogP contribution in [0.25, 0.3) is 11.3 Å². The molecule has 0 radical (unpaired) electrons. The van der Waals surface area contributed by atoms with Gasteiger partial charge in [-0.25, -0.2) is 4.98 Å². The van der Waals surface area contributed by atoms with Crippen molar-refractivity contribution >= 4 is 22.4 Å². The lowest BCUT2D eigenvalue weighted by atomic mass is 10.1. The Bertz CT molecular complexity index is 901. The van der Waals surface area contributed by atoms with Gasteiger partial charge in [-0.1, -0.05) is 48.9 Å². The minimum absolute atomic E-state index is 0.0361. The molecule has 0 spiro atoms. The molecule has 0 aliphatic heterocycles. The summed E-state index contributed by atoms with van der Waals surface area (Å²) in [4.78, 5) is 17.8. The maximum absolute atomic E-state index is 12.2. The monoisotopic (exact) mass is 366 g/mol. The lowest BCUT2D eigenvalue weighted by Crippen LogP contribution is -2.20. The molecule has 0 saturated carbocycles. The van der Waals surface area contributed by atoms with E-state index in [-0.39, 0.29) is 12.5 Å². The number of hydrogen-bond acceptors (Lipinski definition) is 4. The number of anilines is 1. The van der Waals surface area contributed by atoms with Gasteiger partial charge in [-0.05, 0) is 38.0 Å². The third kappa shape index (κ3) is 4.49. The average molecular weight is 366 g/mol. The summed E-state index contributed by atoms with van der Waals surface area (Å²) in [7, 11) is 0. The van der Waals surface area contributed by atoms with Crippen molar-refractivity contribution in [1.29, 1.82) is 0 Å². The second-order valence-electron chi connectivity index (χ2n) is 6.13. The summed E-state index contributed by atoms with van der Waals surface area (Å²) in [5, 5.41) is 3.42. The molecule has 5 heteroatoms. The molecular formula is C21H22N2O2S. The zero-order valence-electron chi connectivity index (χ0n) is 15.2. The molecule has 0 fully saturated rings. The van der Waals surface area contributed by atoms with Gasteiger partial charge in [0.1, 0.15) is 5.75 Å². The fraction of sp³-hybridized carbons (Fsp3) is 0.238. The van der Waals surface area contributed by atoms with Crippen molar-refractivity contribution in [3.05, 3.63) is 64.5 Å². The Kier molecular flexibility index (Phi) is 5.68. The third-order valence-corrected chi connectivity index (χ3v) is 4.93. The number of carbonyl (C=O) groups excluding carboxylic acids is 1. The van der Waals surface area contributed by atoms with Crippen LogP contribution >= 0.6 is 11.3 Å². The number of aryl methyl sites for hydroxylation is 3. The lowest BCUT2D eigenvalue weighted by molar-refractivity contribution is -0.118. The molecule has 1 N–H and O–H groups in total. The Morgan fingerprint density at radius 3 is 2.65 bits per heavy atom. The van der Waals surface area contributed by atoms with E-state index < -0.39 is 0 Å². The Hall–Kier alpha value is -2.66. The molecular weight excluding hydrogens is 344 g/mol. The summed E-state index contributed by atoms with van der Waals surface area (Å²) < 4.78 is 5.58. The topological polar surface area (TPSA) is 51.2 Å². The lowest BCUT2D eigenvalue weighted by Gasteiger charge is -2.07. The number of nitrogens with zero attached hydrogens (tertiary/aromatic N) is 1. The summed E-state index contributed by atoms with van der Waals surface area (Å²) in [6.07, 6.45) is 0.934. The smallest absolute Gasteiger partial charge is 0.264 e. The van der Waals surface area contributed by atoms with Gasteiger partial charge in [0, 0.05) is 10.4 Å². The van der Waals surface area contributed by atoms with Crippen molar-refractivity contribution in [2.75, 3.05) is 11.9 Å². The predicted octanol–water partition coefficient (Wildman–Crippen LogP) is 5.01. The van der Waals surface area contributed by atoms with Gasteiger partial charge < -0.3 is 4.74 Å². The van der Waals surface area contributed by atoms with E-state index in [9.17, 15) is 4.79 Å². The second kappa shape index (κ2) is 8.15. The van der Waals surface area contributed by atoms with E-state index in [1.807, 2.05) is 43.3 Å². The van der Waals surface area contributed by atoms with Gasteiger partial charge in [-0.15, -0.1) is 11.3 Å². The standard InChI is InChI=1S/C21H22N2O2S/c1-4-16-6-5-7-18(12-16)25-13-19(24)22-21-23-20(15(3)26-21)17-10-8-14(2)9-11-17/h5-12H,4,13H2,1-3H3,(H,22,23,24). The molecule has 1 aromatic heterocycles. The van der Waals surface area contributed by atoms with Crippen LogP contribution in [-0.2, 0) is 11.2 Å². The van der Waals surface area contributed by atoms with Crippen molar-refractivity contribution in [2.24, 2.45) is 0 Å². The zero-order valence-corrected chi connectivity index (χ0v) is 16.0. The number of thiazole rings is 1. The zero-order chi connectivity index (χ0) is 18.5. The number of nitrogens with one attached hydrogen (secondary N) is 1. The number of rotatable bonds is 6. The number of ether oxygens (including phenoxy) is 1. The molecule has 2 aromatic carbocycles. The highest BCUT2D eigenvalue weighted by Gasteiger charge is 2.12. The van der Waals surface area contributed by atoms with E-state index in [1.54, 1.807) is 0 Å². The van der Waals surface area contributed by atoms with E-state index in [0.29, 0.717) is 10.9 Å². The Morgan fingerprint density at radius 1 is 1.15 bits per heavy atom. The Balaban J connectivity index is 1.62. The molecule has 26 heavy (non-hydrogen) atoms. The number of benzene rings is 2. The summed E-state index contributed by atoms with van der Waals surface area (Å²) in [6.45, 7) is 6.11. The fourth-order valence-corrected chi connectivity index (χ4v) is 3.44. The minimum atomic E-state index is -0.212. The summed E-state index contributed by atoms with van der Waals surface area (Å²) in [6, 6.07) is 16.0. The van der Waals surface area contributed by atoms with Crippen molar-refractivity contribution < 1.29 is 9.53 Å². The third-order valence-electron chi connectivity index (χ3n) is 4.04. The van der Waals surface area contributed by atoms with Crippen molar-refractivity contribution in [3.8, 4) is 17.0 Å². The van der Waals surface area contributed by atoms with Crippen LogP contribution in [0.4, 0.5) is 5.13 Å². The molecule has 3 rings (SSSR count). The molecule has 4 nitrogen and oxygen atoms in total. The van der Waals surface area contributed by atoms with E-state index in [1.165, 1.54) is 22.5 Å². The number of amides is 1. The van der Waals surface area contributed by atoms with Crippen LogP contribution in [0.3, 0.4) is 0 Å². The minimum Gasteiger partial charge on any atom is -0.484 e. The summed E-state index contributed by atoms with van der Waals surface area (Å²) >= 11 is 1.47. The molecule has 1 heterocycles. The van der Waals surface area contributed by atoms with Gasteiger partial charge in [0.2, 0.25) is 0 Å². The molecule has 0 atom stereocenters. The highest BCUT2D eigenvalue weighted by molar-refractivity contribution is 7.16. The normalized spacial score (nSPS) is 10.6. The van der Waals surface area contributed by atoms with Crippen molar-refractivity contribution in [3.63, 3.8) is 0 Å². The first kappa shape index (κ1) is 18.1. The SMILES string of the molecule is CCc1cccc(OCC(=O)Nc2nc(-c3ccc(C)cc3)c(C)s2)c1. The number of hydrogen-bond donors (Lipinski definition) is 1. The van der Waals surface area contributed by atoms with Crippen LogP contribution < -0.4 is 10.1 Å². The quantitative estimate of drug-likeness (QED) is 0.667. The van der Waals surface area contributed by atoms with Gasteiger partial charge in [0.15, 0.2) is 11.7 Å². The fourth-order valence-electron chi connectivity index (χ4n) is 2.59. The molecule has 134 valence electrons. The maximum Gasteiger partial charge on any atom is 0.264 e. The van der Waals surface area contributed by atoms with Crippen LogP contribution in [0.5, 0.6) is 5.75 Å². The van der Waals surface area contributed by atoms with Gasteiger partial charge in [-0.2, -0.15) is 0 Å². The van der Waals surface area contributed by atoms with Gasteiger partial charge in [-0.3, -0.25) is 10.1 Å². The van der Waals surface area contributed by atoms with Crippen LogP contribution in [0.2, 0.25) is 0 Å². The molecule has 0 aliphatic carbocycles. The van der Waals surface area contributed by atoms with Crippen LogP contribution in [0.15, 0.2) is 48.5 Å². The van der Waals surface area contributed by atoms with Crippen LogP contribution in [0, 0.1) is 13.8 Å². The van der Waals surface area contributed by atoms with Crippen molar-refractivity contribution in [1.82, 2.24) is 4.98 Å². The van der Waals surface area contributed by atoms with Crippen molar-refractivity contribution in [2.45, 2.75) is 27.2 Å². The number of carbonyl (C=O) groups is 1. The Morgan fingerprint density at radius 2 is 1.92 bits per heavy atom. The van der Waals surface area contributed by atoms with Gasteiger partial charge in [0.05, 0.1) is 5.69 Å². The molecule has 0 saturated heterocycles. The van der Waals surface area contributed by atoms with E-state index >= 15 is 0 Å². The summed E-state index contributed by atoms with van der Waals surface area (Å²) in [5.74, 6) is 0.492. The van der Waals surface area contributed by atoms with Gasteiger partial charge >= 0.3 is 0 Å². The van der Waals surface area contributed by atoms with E-state index in [2.05, 4.69) is 36.3 Å². The molecule has 0 bridgehead atoms. The highest BCUT2D eigenvalue weighted by atomic mass is 32.1. The first-order chi connectivity index (χ1) is 12.5. The maximum atomic E-state index is 12.2. The Labute approximate surface area is 157 Å². The first-order valence-corrected chi connectivity index (χ1v) is 9.43. The highest BCUT2D eigenvalue weighted by Crippen LogP contribution is 2.30. The number of aromatic nitrogens is 1. The summed E-state index contributed by atoms with van der Waals surface area (Å²) in [5.41, 5.74) is 4.35. The van der Waals surface area contributed by atoms with E-state index in [0.717, 1.165) is 22.6 Å². The molecule has 3 aromatic rings. The molecule has 0 aliphatic rings. The van der Waals surface area contributed by atoms with E-state index in [4.69, 9.17) is 4.74 Å². The van der Waals surface area contributed by atoms with Crippen LogP contribution in [-0.4, -0.2) is 17.5 Å².